The van der Waals surface area contributed by atoms with E-state index in [9.17, 15) is 14.4 Å². The standard InChI is InChI=1S/C23H16N2O6S/c1-30-19-8-3-2-7-17(19)25-21(27)16(20(26)24-23(25)32)12-15-9-10-18(31-15)13-5-4-6-14(11-13)22(28)29/h2-12H,1H3,(H,28,29)(H,24,26,32)/b16-12+. The summed E-state index contributed by atoms with van der Waals surface area (Å²) in [4.78, 5) is 38.0. The predicted octanol–water partition coefficient (Wildman–Crippen LogP) is 3.48. The van der Waals surface area contributed by atoms with E-state index < -0.39 is 17.8 Å². The van der Waals surface area contributed by atoms with E-state index in [1.807, 2.05) is 0 Å². The molecule has 1 fully saturated rings. The Bertz CT molecular complexity index is 1290. The van der Waals surface area contributed by atoms with Crippen molar-refractivity contribution in [1.29, 1.82) is 0 Å². The minimum atomic E-state index is -1.06. The van der Waals surface area contributed by atoms with Crippen LogP contribution < -0.4 is 15.0 Å². The van der Waals surface area contributed by atoms with Crippen LogP contribution in [0.4, 0.5) is 5.69 Å². The van der Waals surface area contributed by atoms with Crippen LogP contribution in [0, 0.1) is 0 Å². The van der Waals surface area contributed by atoms with E-state index in [0.29, 0.717) is 22.8 Å². The third-order valence-electron chi connectivity index (χ3n) is 4.74. The summed E-state index contributed by atoms with van der Waals surface area (Å²) >= 11 is 5.21. The number of para-hydroxylation sites is 2. The van der Waals surface area contributed by atoms with Gasteiger partial charge in [0.15, 0.2) is 5.11 Å². The number of anilines is 1. The van der Waals surface area contributed by atoms with E-state index in [1.165, 1.54) is 30.2 Å². The Morgan fingerprint density at radius 3 is 2.66 bits per heavy atom. The summed E-state index contributed by atoms with van der Waals surface area (Å²) in [6.07, 6.45) is 1.31. The van der Waals surface area contributed by atoms with Crippen molar-refractivity contribution < 1.29 is 28.6 Å². The van der Waals surface area contributed by atoms with Crippen LogP contribution in [0.25, 0.3) is 17.4 Å². The molecule has 2 N–H and O–H groups in total. The van der Waals surface area contributed by atoms with Crippen molar-refractivity contribution >= 4 is 46.9 Å². The number of amides is 2. The van der Waals surface area contributed by atoms with Gasteiger partial charge < -0.3 is 14.3 Å². The minimum Gasteiger partial charge on any atom is -0.495 e. The number of hydrogen-bond donors (Lipinski definition) is 2. The van der Waals surface area contributed by atoms with Crippen LogP contribution in [0.1, 0.15) is 16.1 Å². The second kappa shape index (κ2) is 8.48. The summed E-state index contributed by atoms with van der Waals surface area (Å²) in [5, 5.41) is 11.6. The monoisotopic (exact) mass is 448 g/mol. The number of thiocarbonyl (C=S) groups is 1. The van der Waals surface area contributed by atoms with Gasteiger partial charge in [-0.25, -0.2) is 9.69 Å². The number of hydrogen-bond acceptors (Lipinski definition) is 6. The topological polar surface area (TPSA) is 109 Å². The molecule has 0 radical (unpaired) electrons. The first kappa shape index (κ1) is 21.0. The zero-order valence-electron chi connectivity index (χ0n) is 16.7. The molecule has 8 nitrogen and oxygen atoms in total. The molecule has 2 heterocycles. The Labute approximate surface area is 187 Å². The third kappa shape index (κ3) is 3.88. The number of furan rings is 1. The molecule has 160 valence electrons. The van der Waals surface area contributed by atoms with Gasteiger partial charge in [-0.1, -0.05) is 24.3 Å². The van der Waals surface area contributed by atoms with Crippen LogP contribution in [-0.2, 0) is 9.59 Å². The molecule has 0 atom stereocenters. The first-order valence-electron chi connectivity index (χ1n) is 9.37. The molecule has 32 heavy (non-hydrogen) atoms. The third-order valence-corrected chi connectivity index (χ3v) is 5.02. The van der Waals surface area contributed by atoms with Crippen molar-refractivity contribution in [3.8, 4) is 17.1 Å². The molecule has 3 aromatic rings. The average molecular weight is 448 g/mol. The van der Waals surface area contributed by atoms with Crippen LogP contribution in [0.3, 0.4) is 0 Å². The molecule has 1 aliphatic rings. The van der Waals surface area contributed by atoms with E-state index >= 15 is 0 Å². The lowest BCUT2D eigenvalue weighted by Gasteiger charge is -2.29. The molecule has 1 aromatic heterocycles. The lowest BCUT2D eigenvalue weighted by molar-refractivity contribution is -0.122. The molecule has 2 aromatic carbocycles. The largest absolute Gasteiger partial charge is 0.495 e. The summed E-state index contributed by atoms with van der Waals surface area (Å²) in [7, 11) is 1.47. The van der Waals surface area contributed by atoms with Gasteiger partial charge in [-0.3, -0.25) is 14.9 Å². The van der Waals surface area contributed by atoms with E-state index in [-0.39, 0.29) is 22.0 Å². The fourth-order valence-electron chi connectivity index (χ4n) is 3.22. The van der Waals surface area contributed by atoms with Gasteiger partial charge in [0, 0.05) is 5.56 Å². The lowest BCUT2D eigenvalue weighted by atomic mass is 10.1. The van der Waals surface area contributed by atoms with Crippen LogP contribution >= 0.6 is 12.2 Å². The van der Waals surface area contributed by atoms with Crippen LogP contribution in [0.2, 0.25) is 0 Å². The van der Waals surface area contributed by atoms with Crippen molar-refractivity contribution in [2.45, 2.75) is 0 Å². The number of nitrogens with zero attached hydrogens (tertiary/aromatic N) is 1. The quantitative estimate of drug-likeness (QED) is 0.349. The molecular formula is C23H16N2O6S. The summed E-state index contributed by atoms with van der Waals surface area (Å²) in [6.45, 7) is 0. The maximum Gasteiger partial charge on any atom is 0.335 e. The van der Waals surface area contributed by atoms with Crippen molar-refractivity contribution in [3.63, 3.8) is 0 Å². The number of rotatable bonds is 5. The molecule has 0 bridgehead atoms. The number of benzene rings is 2. The number of nitrogens with one attached hydrogen (secondary N) is 1. The second-order valence-corrected chi connectivity index (χ2v) is 7.10. The smallest absolute Gasteiger partial charge is 0.335 e. The highest BCUT2D eigenvalue weighted by molar-refractivity contribution is 7.80. The Morgan fingerprint density at radius 2 is 1.91 bits per heavy atom. The molecule has 0 spiro atoms. The second-order valence-electron chi connectivity index (χ2n) is 6.72. The number of methoxy groups -OCH3 is 1. The Morgan fingerprint density at radius 1 is 1.12 bits per heavy atom. The molecule has 2 amide bonds. The highest BCUT2D eigenvalue weighted by Gasteiger charge is 2.36. The summed E-state index contributed by atoms with van der Waals surface area (Å²) in [5.74, 6) is -1.30. The number of aromatic carboxylic acids is 1. The number of carbonyl (C=O) groups excluding carboxylic acids is 2. The summed E-state index contributed by atoms with van der Waals surface area (Å²) in [6, 6.07) is 16.2. The van der Waals surface area contributed by atoms with E-state index in [0.717, 1.165) is 0 Å². The highest BCUT2D eigenvalue weighted by atomic mass is 32.1. The number of carbonyl (C=O) groups is 3. The number of ether oxygens (including phenoxy) is 1. The number of carboxylic acids is 1. The predicted molar refractivity (Wildman–Crippen MR) is 120 cm³/mol. The molecule has 9 heteroatoms. The highest BCUT2D eigenvalue weighted by Crippen LogP contribution is 2.31. The summed E-state index contributed by atoms with van der Waals surface area (Å²) < 4.78 is 11.0. The van der Waals surface area contributed by atoms with Crippen LogP contribution in [0.5, 0.6) is 5.75 Å². The Kier molecular flexibility index (Phi) is 5.57. The van der Waals surface area contributed by atoms with Gasteiger partial charge in [0.1, 0.15) is 22.8 Å². The molecular weight excluding hydrogens is 432 g/mol. The fourth-order valence-corrected chi connectivity index (χ4v) is 3.50. The molecule has 4 rings (SSSR count). The minimum absolute atomic E-state index is 0.0627. The van der Waals surface area contributed by atoms with Gasteiger partial charge in [0.2, 0.25) is 0 Å². The summed E-state index contributed by atoms with van der Waals surface area (Å²) in [5.41, 5.74) is 0.874. The van der Waals surface area contributed by atoms with Gasteiger partial charge >= 0.3 is 5.97 Å². The van der Waals surface area contributed by atoms with Crippen molar-refractivity contribution in [2.75, 3.05) is 12.0 Å². The molecule has 0 saturated carbocycles. The lowest BCUT2D eigenvalue weighted by Crippen LogP contribution is -2.54. The first-order valence-corrected chi connectivity index (χ1v) is 9.78. The van der Waals surface area contributed by atoms with Crippen molar-refractivity contribution in [3.05, 3.63) is 77.6 Å². The zero-order chi connectivity index (χ0) is 22.8. The zero-order valence-corrected chi connectivity index (χ0v) is 17.5. The van der Waals surface area contributed by atoms with Gasteiger partial charge in [0.25, 0.3) is 11.8 Å². The Balaban J connectivity index is 1.69. The molecule has 0 aliphatic carbocycles. The molecule has 1 aliphatic heterocycles. The maximum atomic E-state index is 13.2. The maximum absolute atomic E-state index is 13.2. The fraction of sp³-hybridized carbons (Fsp3) is 0.0435. The SMILES string of the molecule is COc1ccccc1N1C(=O)/C(=C/c2ccc(-c3cccc(C(=O)O)c3)o2)C(=O)NC1=S. The first-order chi connectivity index (χ1) is 15.4. The van der Waals surface area contributed by atoms with Gasteiger partial charge in [-0.2, -0.15) is 0 Å². The molecule has 1 saturated heterocycles. The average Bonchev–Trinajstić information content (AvgIpc) is 3.26. The van der Waals surface area contributed by atoms with Gasteiger partial charge in [-0.05, 0) is 54.7 Å². The van der Waals surface area contributed by atoms with E-state index in [2.05, 4.69) is 5.32 Å². The van der Waals surface area contributed by atoms with Crippen LogP contribution in [-0.4, -0.2) is 35.1 Å². The number of carboxylic acid groups (broad SMARTS) is 1. The van der Waals surface area contributed by atoms with Crippen LogP contribution in [0.15, 0.2) is 70.7 Å². The van der Waals surface area contributed by atoms with Crippen molar-refractivity contribution in [1.82, 2.24) is 5.32 Å². The van der Waals surface area contributed by atoms with E-state index in [4.69, 9.17) is 26.5 Å². The van der Waals surface area contributed by atoms with Gasteiger partial charge in [0.05, 0.1) is 18.4 Å². The van der Waals surface area contributed by atoms with Gasteiger partial charge in [-0.15, -0.1) is 0 Å². The Hall–Kier alpha value is -4.24. The van der Waals surface area contributed by atoms with Crippen molar-refractivity contribution in [2.24, 2.45) is 0 Å². The van der Waals surface area contributed by atoms with E-state index in [1.54, 1.807) is 48.5 Å². The normalized spacial score (nSPS) is 15.1. The molecule has 0 unspecified atom stereocenters.